The number of hydrogen-bond acceptors (Lipinski definition) is 0. The first kappa shape index (κ1) is 49.0. The molecule has 0 unspecified atom stereocenters. The maximum atomic E-state index is 2.53. The predicted molar refractivity (Wildman–Crippen MR) is 353 cm³/mol. The van der Waals surface area contributed by atoms with Crippen LogP contribution in [-0.4, -0.2) is 25.3 Å². The SMILES string of the molecule is c1ccc(-c2cccc([Si](c3ccccc3)(c3ccccc3)c3cccc(-n4c5ccccc5c5cc(-n6c7ccccc7c7c([Si](c8ccccc8)(c8ccccc8)c8cccc(-c9ccccc9)c8)cccc76)ccc54)c3)c2)cc1. The lowest BCUT2D eigenvalue weighted by Gasteiger charge is -2.35. The minimum Gasteiger partial charge on any atom is -0.309 e. The number of rotatable bonds is 12. The third kappa shape index (κ3) is 7.90. The Morgan fingerprint density at radius 2 is 0.549 bits per heavy atom. The fraction of sp³-hybridized carbons (Fsp3) is 0. The van der Waals surface area contributed by atoms with Gasteiger partial charge in [-0.15, -0.1) is 0 Å². The highest BCUT2D eigenvalue weighted by Gasteiger charge is 2.44. The van der Waals surface area contributed by atoms with Crippen LogP contribution in [0.15, 0.2) is 340 Å². The second-order valence-corrected chi connectivity index (χ2v) is 29.1. The Kier molecular flexibility index (Phi) is 12.3. The summed E-state index contributed by atoms with van der Waals surface area (Å²) in [6.07, 6.45) is 0. The summed E-state index contributed by atoms with van der Waals surface area (Å²) < 4.78 is 5.03. The largest absolute Gasteiger partial charge is 0.309 e. The molecular formula is C78H56N2Si2. The summed E-state index contributed by atoms with van der Waals surface area (Å²) >= 11 is 0. The van der Waals surface area contributed by atoms with Gasteiger partial charge >= 0.3 is 0 Å². The molecule has 2 aromatic heterocycles. The molecule has 0 N–H and O–H groups in total. The van der Waals surface area contributed by atoms with Crippen LogP contribution in [0.1, 0.15) is 0 Å². The zero-order chi connectivity index (χ0) is 54.5. The molecular weight excluding hydrogens is 1020 g/mol. The molecule has 4 heteroatoms. The van der Waals surface area contributed by atoms with Crippen LogP contribution in [0.5, 0.6) is 0 Å². The number of para-hydroxylation sites is 2. The molecule has 0 aliphatic rings. The molecule has 0 bridgehead atoms. The van der Waals surface area contributed by atoms with E-state index in [-0.39, 0.29) is 0 Å². The molecule has 0 amide bonds. The molecule has 0 saturated carbocycles. The van der Waals surface area contributed by atoms with Gasteiger partial charge in [0.15, 0.2) is 16.1 Å². The maximum Gasteiger partial charge on any atom is 0.180 e. The smallest absolute Gasteiger partial charge is 0.180 e. The molecule has 0 saturated heterocycles. The van der Waals surface area contributed by atoms with E-state index in [1.54, 1.807) is 0 Å². The summed E-state index contributed by atoms with van der Waals surface area (Å²) in [6, 6.07) is 127. The minimum absolute atomic E-state index is 1.13. The molecule has 15 aromatic rings. The van der Waals surface area contributed by atoms with Crippen molar-refractivity contribution in [2.75, 3.05) is 0 Å². The zero-order valence-corrected chi connectivity index (χ0v) is 47.2. The summed E-state index contributed by atoms with van der Waals surface area (Å²) in [6.45, 7) is 0. The van der Waals surface area contributed by atoms with Crippen molar-refractivity contribution in [2.24, 2.45) is 0 Å². The molecule has 0 atom stereocenters. The van der Waals surface area contributed by atoms with Crippen molar-refractivity contribution in [1.29, 1.82) is 0 Å². The molecule has 2 nitrogen and oxygen atoms in total. The second-order valence-electron chi connectivity index (χ2n) is 21.5. The normalized spacial score (nSPS) is 11.9. The Balaban J connectivity index is 0.949. The second kappa shape index (κ2) is 20.5. The highest BCUT2D eigenvalue weighted by molar-refractivity contribution is 7.21. The van der Waals surface area contributed by atoms with Gasteiger partial charge < -0.3 is 9.13 Å². The number of fused-ring (bicyclic) bond motifs is 6. The van der Waals surface area contributed by atoms with Gasteiger partial charge in [0.2, 0.25) is 0 Å². The predicted octanol–water partition coefficient (Wildman–Crippen LogP) is 14.0. The van der Waals surface area contributed by atoms with Gasteiger partial charge in [-0.1, -0.05) is 291 Å². The van der Waals surface area contributed by atoms with Crippen molar-refractivity contribution in [2.45, 2.75) is 0 Å². The zero-order valence-electron chi connectivity index (χ0n) is 45.2. The Morgan fingerprint density at radius 1 is 0.195 bits per heavy atom. The van der Waals surface area contributed by atoms with Crippen molar-refractivity contribution in [1.82, 2.24) is 9.13 Å². The lowest BCUT2D eigenvalue weighted by atomic mass is 10.1. The number of benzene rings is 13. The minimum atomic E-state index is -3.06. The molecule has 386 valence electrons. The van der Waals surface area contributed by atoms with Crippen LogP contribution in [0, 0.1) is 0 Å². The van der Waals surface area contributed by atoms with Crippen molar-refractivity contribution >= 4 is 101 Å². The van der Waals surface area contributed by atoms with Crippen LogP contribution >= 0.6 is 0 Å². The highest BCUT2D eigenvalue weighted by atomic mass is 28.3. The van der Waals surface area contributed by atoms with Gasteiger partial charge in [0.25, 0.3) is 0 Å². The van der Waals surface area contributed by atoms with E-state index in [0.29, 0.717) is 0 Å². The van der Waals surface area contributed by atoms with Gasteiger partial charge in [0.05, 0.1) is 22.1 Å². The summed E-state index contributed by atoms with van der Waals surface area (Å²) in [5, 5.41) is 15.7. The lowest BCUT2D eigenvalue weighted by Crippen LogP contribution is -2.74. The first-order valence-electron chi connectivity index (χ1n) is 28.4. The van der Waals surface area contributed by atoms with Gasteiger partial charge in [-0.25, -0.2) is 0 Å². The quantitative estimate of drug-likeness (QED) is 0.0852. The molecule has 13 aromatic carbocycles. The first-order chi connectivity index (χ1) is 40.7. The van der Waals surface area contributed by atoms with Gasteiger partial charge in [-0.3, -0.25) is 0 Å². The topological polar surface area (TPSA) is 9.86 Å². The van der Waals surface area contributed by atoms with Crippen LogP contribution in [0.3, 0.4) is 0 Å². The molecule has 15 rings (SSSR count). The highest BCUT2D eigenvalue weighted by Crippen LogP contribution is 2.38. The van der Waals surface area contributed by atoms with Crippen molar-refractivity contribution < 1.29 is 0 Å². The molecule has 82 heavy (non-hydrogen) atoms. The fourth-order valence-corrected chi connectivity index (χ4v) is 23.5. The van der Waals surface area contributed by atoms with E-state index in [1.807, 2.05) is 0 Å². The van der Waals surface area contributed by atoms with E-state index in [4.69, 9.17) is 0 Å². The monoisotopic (exact) mass is 1080 g/mol. The van der Waals surface area contributed by atoms with Crippen molar-refractivity contribution in [3.63, 3.8) is 0 Å². The summed E-state index contributed by atoms with van der Waals surface area (Å²) in [7, 11) is -6.02. The van der Waals surface area contributed by atoms with E-state index < -0.39 is 16.1 Å². The third-order valence-electron chi connectivity index (χ3n) is 17.2. The average molecular weight is 1080 g/mol. The van der Waals surface area contributed by atoms with E-state index in [2.05, 4.69) is 349 Å². The van der Waals surface area contributed by atoms with Crippen molar-refractivity contribution in [3.05, 3.63) is 340 Å². The van der Waals surface area contributed by atoms with Crippen LogP contribution in [0.4, 0.5) is 0 Å². The molecule has 0 aliphatic heterocycles. The number of hydrogen-bond donors (Lipinski definition) is 0. The molecule has 0 spiro atoms. The summed E-state index contributed by atoms with van der Waals surface area (Å²) in [5.74, 6) is 0. The Hall–Kier alpha value is -10.1. The van der Waals surface area contributed by atoms with Crippen LogP contribution in [0.2, 0.25) is 0 Å². The van der Waals surface area contributed by atoms with E-state index in [1.165, 1.54) is 107 Å². The molecule has 0 aliphatic carbocycles. The average Bonchev–Trinajstić information content (AvgIpc) is 2.33. The molecule has 0 fully saturated rings. The lowest BCUT2D eigenvalue weighted by molar-refractivity contribution is 1.17. The Bertz CT molecular complexity index is 4700. The third-order valence-corrected chi connectivity index (χ3v) is 26.7. The van der Waals surface area contributed by atoms with E-state index in [0.717, 1.165) is 11.4 Å². The standard InChI is InChI=1S/C78H56N2Si2/c1-7-27-57(28-8-1)59-31-23-42-67(53-59)81(63-34-11-3-12-35-63,64-36-13-4-14-37-64)69-44-25-33-61(55-69)79-73-47-21-19-45-70(73)72-56-62(51-52-75(72)79)80-74-48-22-20-46-71(74)78-76(80)49-26-50-77(78)82(65-38-15-5-16-39-65,66-40-17-6-18-41-66)68-43-24-32-60(54-68)58-29-9-2-10-30-58/h1-56H. The Morgan fingerprint density at radius 3 is 1.10 bits per heavy atom. The van der Waals surface area contributed by atoms with Crippen molar-refractivity contribution in [3.8, 4) is 33.6 Å². The molecule has 2 heterocycles. The van der Waals surface area contributed by atoms with E-state index >= 15 is 0 Å². The molecule has 0 radical (unpaired) electrons. The van der Waals surface area contributed by atoms with Crippen LogP contribution in [-0.2, 0) is 0 Å². The van der Waals surface area contributed by atoms with Gasteiger partial charge in [-0.05, 0) is 112 Å². The van der Waals surface area contributed by atoms with Gasteiger partial charge in [0, 0.05) is 32.9 Å². The van der Waals surface area contributed by atoms with Gasteiger partial charge in [0.1, 0.15) is 0 Å². The first-order valence-corrected chi connectivity index (χ1v) is 32.4. The summed E-state index contributed by atoms with van der Waals surface area (Å²) in [4.78, 5) is 0. The fourth-order valence-electron chi connectivity index (χ4n) is 13.7. The van der Waals surface area contributed by atoms with Crippen LogP contribution in [0.25, 0.3) is 77.2 Å². The number of aromatic nitrogens is 2. The number of nitrogens with zero attached hydrogens (tertiary/aromatic N) is 2. The van der Waals surface area contributed by atoms with E-state index in [9.17, 15) is 0 Å². The van der Waals surface area contributed by atoms with Gasteiger partial charge in [-0.2, -0.15) is 0 Å². The maximum absolute atomic E-state index is 3.06. The van der Waals surface area contributed by atoms with Crippen LogP contribution < -0.4 is 41.5 Å². The Labute approximate surface area is 480 Å². The summed E-state index contributed by atoms with van der Waals surface area (Å²) in [5.41, 5.74) is 11.9.